The summed E-state index contributed by atoms with van der Waals surface area (Å²) in [6, 6.07) is 0. The van der Waals surface area contributed by atoms with Gasteiger partial charge in [0.25, 0.3) is 0 Å². The molecule has 88 valence electrons. The molecule has 0 radical (unpaired) electrons. The van der Waals surface area contributed by atoms with Crippen molar-refractivity contribution in [2.75, 3.05) is 13.1 Å². The van der Waals surface area contributed by atoms with Crippen molar-refractivity contribution in [3.8, 4) is 0 Å². The molecule has 0 aromatic carbocycles. The molecule has 2 amide bonds. The van der Waals surface area contributed by atoms with Gasteiger partial charge < -0.3 is 10.4 Å². The van der Waals surface area contributed by atoms with Crippen LogP contribution in [-0.4, -0.2) is 41.4 Å². The number of nitrogens with one attached hydrogen (secondary N) is 1. The lowest BCUT2D eigenvalue weighted by atomic mass is 10.2. The third-order valence-corrected chi connectivity index (χ3v) is 1.34. The molecule has 0 atom stereocenters. The van der Waals surface area contributed by atoms with E-state index in [1.165, 1.54) is 5.06 Å². The van der Waals surface area contributed by atoms with Gasteiger partial charge in [-0.25, -0.2) is 9.86 Å². The standard InChI is InChI=1S/C9H18N2O4/c1-9(2,3)15-11(7-12)6-4-5-10-8(13)14/h7,10H,4-6H2,1-3H3,(H,13,14). The zero-order valence-corrected chi connectivity index (χ0v) is 9.32. The molecule has 0 heterocycles. The predicted molar refractivity (Wildman–Crippen MR) is 54.3 cm³/mol. The van der Waals surface area contributed by atoms with Gasteiger partial charge in [0.1, 0.15) is 0 Å². The van der Waals surface area contributed by atoms with Crippen molar-refractivity contribution >= 4 is 12.5 Å². The molecule has 6 heteroatoms. The number of carbonyl (C=O) groups is 2. The Morgan fingerprint density at radius 3 is 2.53 bits per heavy atom. The Morgan fingerprint density at radius 2 is 2.13 bits per heavy atom. The topological polar surface area (TPSA) is 78.9 Å². The summed E-state index contributed by atoms with van der Waals surface area (Å²) >= 11 is 0. The van der Waals surface area contributed by atoms with Crippen molar-refractivity contribution in [3.63, 3.8) is 0 Å². The molecular formula is C9H18N2O4. The van der Waals surface area contributed by atoms with E-state index in [4.69, 9.17) is 9.94 Å². The Hall–Kier alpha value is -1.30. The molecule has 0 aromatic heterocycles. The van der Waals surface area contributed by atoms with Gasteiger partial charge >= 0.3 is 6.09 Å². The minimum Gasteiger partial charge on any atom is -0.465 e. The lowest BCUT2D eigenvalue weighted by molar-refractivity contribution is -0.216. The molecule has 0 saturated heterocycles. The van der Waals surface area contributed by atoms with E-state index >= 15 is 0 Å². The number of carboxylic acid groups (broad SMARTS) is 1. The summed E-state index contributed by atoms with van der Waals surface area (Å²) in [6.45, 7) is 6.16. The number of hydrogen-bond donors (Lipinski definition) is 2. The molecule has 0 bridgehead atoms. The lowest BCUT2D eigenvalue weighted by Crippen LogP contribution is -2.35. The van der Waals surface area contributed by atoms with Crippen molar-refractivity contribution in [1.82, 2.24) is 10.4 Å². The number of amides is 2. The van der Waals surface area contributed by atoms with E-state index in [-0.39, 0.29) is 0 Å². The summed E-state index contributed by atoms with van der Waals surface area (Å²) in [6.07, 6.45) is 0.0389. The van der Waals surface area contributed by atoms with Gasteiger partial charge in [-0.15, -0.1) is 0 Å². The molecule has 0 aliphatic rings. The number of nitrogens with zero attached hydrogens (tertiary/aromatic N) is 1. The van der Waals surface area contributed by atoms with Crippen LogP contribution in [-0.2, 0) is 9.63 Å². The van der Waals surface area contributed by atoms with Gasteiger partial charge in [-0.3, -0.25) is 9.63 Å². The predicted octanol–water partition coefficient (Wildman–Crippen LogP) is 0.833. The maximum Gasteiger partial charge on any atom is 0.404 e. The molecule has 15 heavy (non-hydrogen) atoms. The van der Waals surface area contributed by atoms with Crippen molar-refractivity contribution < 1.29 is 19.5 Å². The molecule has 0 spiro atoms. The Balaban J connectivity index is 3.71. The summed E-state index contributed by atoms with van der Waals surface area (Å²) in [4.78, 5) is 26.0. The molecule has 6 nitrogen and oxygen atoms in total. The molecule has 0 fully saturated rings. The van der Waals surface area contributed by atoms with E-state index in [1.807, 2.05) is 20.8 Å². The maximum absolute atomic E-state index is 10.6. The second kappa shape index (κ2) is 6.23. The van der Waals surface area contributed by atoms with Crippen molar-refractivity contribution in [1.29, 1.82) is 0 Å². The summed E-state index contributed by atoms with van der Waals surface area (Å²) in [5.41, 5.74) is -0.429. The molecule has 0 unspecified atom stereocenters. The van der Waals surface area contributed by atoms with Gasteiger partial charge in [0, 0.05) is 6.54 Å². The van der Waals surface area contributed by atoms with Crippen LogP contribution in [0.15, 0.2) is 0 Å². The molecule has 0 rings (SSSR count). The van der Waals surface area contributed by atoms with Crippen LogP contribution in [0.3, 0.4) is 0 Å². The highest BCUT2D eigenvalue weighted by atomic mass is 16.7. The first-order chi connectivity index (χ1) is 6.85. The molecule has 0 aromatic rings. The maximum atomic E-state index is 10.6. The highest BCUT2D eigenvalue weighted by Gasteiger charge is 2.15. The van der Waals surface area contributed by atoms with E-state index in [0.717, 1.165) is 0 Å². The summed E-state index contributed by atoms with van der Waals surface area (Å²) in [7, 11) is 0. The molecular weight excluding hydrogens is 200 g/mol. The van der Waals surface area contributed by atoms with E-state index in [9.17, 15) is 9.59 Å². The van der Waals surface area contributed by atoms with Gasteiger partial charge in [0.15, 0.2) is 0 Å². The van der Waals surface area contributed by atoms with Crippen LogP contribution in [0.5, 0.6) is 0 Å². The Bertz CT molecular complexity index is 213. The van der Waals surface area contributed by atoms with Gasteiger partial charge in [0.05, 0.1) is 12.1 Å². The summed E-state index contributed by atoms with van der Waals surface area (Å²) in [5, 5.41) is 11.7. The Kier molecular flexibility index (Phi) is 5.69. The van der Waals surface area contributed by atoms with Gasteiger partial charge in [-0.05, 0) is 27.2 Å². The van der Waals surface area contributed by atoms with Crippen LogP contribution in [0.1, 0.15) is 27.2 Å². The number of carbonyl (C=O) groups excluding carboxylic acids is 1. The van der Waals surface area contributed by atoms with Crippen LogP contribution < -0.4 is 5.32 Å². The minimum atomic E-state index is -1.07. The Morgan fingerprint density at radius 1 is 1.53 bits per heavy atom. The van der Waals surface area contributed by atoms with Gasteiger partial charge in [-0.2, -0.15) is 0 Å². The van der Waals surface area contributed by atoms with Crippen LogP contribution >= 0.6 is 0 Å². The van der Waals surface area contributed by atoms with Gasteiger partial charge in [0.2, 0.25) is 6.41 Å². The molecule has 2 N–H and O–H groups in total. The van der Waals surface area contributed by atoms with Crippen LogP contribution in [0.25, 0.3) is 0 Å². The van der Waals surface area contributed by atoms with Gasteiger partial charge in [-0.1, -0.05) is 0 Å². The average Bonchev–Trinajstić information content (AvgIpc) is 2.08. The van der Waals surface area contributed by atoms with E-state index in [1.54, 1.807) is 0 Å². The number of hydroxylamine groups is 2. The smallest absolute Gasteiger partial charge is 0.404 e. The zero-order valence-electron chi connectivity index (χ0n) is 9.32. The first-order valence-corrected chi connectivity index (χ1v) is 4.73. The first-order valence-electron chi connectivity index (χ1n) is 4.73. The van der Waals surface area contributed by atoms with E-state index in [0.29, 0.717) is 25.9 Å². The zero-order chi connectivity index (χ0) is 11.9. The second-order valence-electron chi connectivity index (χ2n) is 4.04. The lowest BCUT2D eigenvalue weighted by Gasteiger charge is -2.26. The third kappa shape index (κ3) is 9.01. The monoisotopic (exact) mass is 218 g/mol. The summed E-state index contributed by atoms with van der Waals surface area (Å²) < 4.78 is 0. The second-order valence-corrected chi connectivity index (χ2v) is 4.04. The highest BCUT2D eigenvalue weighted by Crippen LogP contribution is 2.08. The molecule has 0 saturated carbocycles. The average molecular weight is 218 g/mol. The fourth-order valence-corrected chi connectivity index (χ4v) is 0.902. The fraction of sp³-hybridized carbons (Fsp3) is 0.778. The molecule has 0 aliphatic heterocycles. The quantitative estimate of drug-likeness (QED) is 0.393. The fourth-order valence-electron chi connectivity index (χ4n) is 0.902. The van der Waals surface area contributed by atoms with E-state index < -0.39 is 11.7 Å². The Labute approximate surface area is 89.2 Å². The summed E-state index contributed by atoms with van der Waals surface area (Å²) in [5.74, 6) is 0. The van der Waals surface area contributed by atoms with Crippen LogP contribution in [0, 0.1) is 0 Å². The highest BCUT2D eigenvalue weighted by molar-refractivity contribution is 5.64. The van der Waals surface area contributed by atoms with Crippen molar-refractivity contribution in [2.45, 2.75) is 32.8 Å². The SMILES string of the molecule is CC(C)(C)ON(C=O)CCCNC(=O)O. The van der Waals surface area contributed by atoms with Crippen LogP contribution in [0.2, 0.25) is 0 Å². The normalized spacial score (nSPS) is 10.9. The number of hydrogen-bond acceptors (Lipinski definition) is 3. The minimum absolute atomic E-state index is 0.299. The third-order valence-electron chi connectivity index (χ3n) is 1.34. The van der Waals surface area contributed by atoms with E-state index in [2.05, 4.69) is 5.32 Å². The van der Waals surface area contributed by atoms with Crippen molar-refractivity contribution in [3.05, 3.63) is 0 Å². The largest absolute Gasteiger partial charge is 0.465 e. The molecule has 0 aliphatic carbocycles. The van der Waals surface area contributed by atoms with Crippen molar-refractivity contribution in [2.24, 2.45) is 0 Å². The van der Waals surface area contributed by atoms with Crippen LogP contribution in [0.4, 0.5) is 4.79 Å². The number of rotatable bonds is 6. The first kappa shape index (κ1) is 13.7.